The second-order valence-corrected chi connectivity index (χ2v) is 1.53. The lowest BCUT2D eigenvalue weighted by atomic mass is 10.3. The van der Waals surface area contributed by atoms with E-state index in [1.807, 2.05) is 0 Å². The average molecular weight is 128 g/mol. The number of hydrogen-bond donors (Lipinski definition) is 0. The topological polar surface area (TPSA) is 43.4 Å². The Labute approximate surface area is 53.3 Å². The molecule has 0 aromatic heterocycles. The molecule has 0 radical (unpaired) electrons. The van der Waals surface area contributed by atoms with E-state index in [0.29, 0.717) is 11.9 Å². The molecule has 50 valence electrons. The largest absolute Gasteiger partial charge is 0.466 e. The fourth-order valence-electron chi connectivity index (χ4n) is 0.279. The Kier molecular flexibility index (Phi) is 3.35. The molecule has 0 spiro atoms. The first-order chi connectivity index (χ1) is 4.20. The second kappa shape index (κ2) is 3.83. The zero-order chi connectivity index (χ0) is 7.28. The van der Waals surface area contributed by atoms with Gasteiger partial charge in [0.25, 0.3) is 0 Å². The van der Waals surface area contributed by atoms with Crippen molar-refractivity contribution in [2.24, 2.45) is 0 Å². The van der Waals surface area contributed by atoms with Gasteiger partial charge in [-0.3, -0.25) is 4.79 Å². The molecule has 0 aliphatic heterocycles. The SMILES string of the molecule is COC(=O)/C=C(\C)C=O. The highest BCUT2D eigenvalue weighted by Gasteiger charge is 1.92. The summed E-state index contributed by atoms with van der Waals surface area (Å²) >= 11 is 0. The van der Waals surface area contributed by atoms with Crippen LogP contribution in [0.1, 0.15) is 6.92 Å². The van der Waals surface area contributed by atoms with Gasteiger partial charge in [0.15, 0.2) is 0 Å². The van der Waals surface area contributed by atoms with E-state index in [1.165, 1.54) is 14.0 Å². The quantitative estimate of drug-likeness (QED) is 0.305. The normalized spacial score (nSPS) is 10.7. The summed E-state index contributed by atoms with van der Waals surface area (Å²) in [5.41, 5.74) is 0.363. The summed E-state index contributed by atoms with van der Waals surface area (Å²) in [4.78, 5) is 20.2. The van der Waals surface area contributed by atoms with E-state index in [2.05, 4.69) is 4.74 Å². The minimum Gasteiger partial charge on any atom is -0.466 e. The summed E-state index contributed by atoms with van der Waals surface area (Å²) in [6.45, 7) is 1.53. The number of aldehydes is 1. The molecular formula is C6H8O3. The van der Waals surface area contributed by atoms with Crippen LogP contribution >= 0.6 is 0 Å². The number of methoxy groups -OCH3 is 1. The van der Waals surface area contributed by atoms with Gasteiger partial charge in [-0.15, -0.1) is 0 Å². The van der Waals surface area contributed by atoms with Gasteiger partial charge < -0.3 is 4.74 Å². The highest BCUT2D eigenvalue weighted by Crippen LogP contribution is 1.86. The fraction of sp³-hybridized carbons (Fsp3) is 0.333. The number of hydrogen-bond acceptors (Lipinski definition) is 3. The molecule has 3 heteroatoms. The first-order valence-electron chi connectivity index (χ1n) is 2.42. The minimum atomic E-state index is -0.500. The van der Waals surface area contributed by atoms with E-state index in [4.69, 9.17) is 0 Å². The standard InChI is InChI=1S/C6H8O3/c1-5(4-7)3-6(8)9-2/h3-4H,1-2H3/b5-3+. The van der Waals surface area contributed by atoms with E-state index in [0.717, 1.165) is 6.08 Å². The summed E-state index contributed by atoms with van der Waals surface area (Å²) in [6, 6.07) is 0. The third kappa shape index (κ3) is 3.46. The van der Waals surface area contributed by atoms with Crippen molar-refractivity contribution in [2.75, 3.05) is 7.11 Å². The van der Waals surface area contributed by atoms with Gasteiger partial charge in [0.05, 0.1) is 7.11 Å². The number of carbonyl (C=O) groups excluding carboxylic acids is 2. The number of rotatable bonds is 2. The molecule has 0 amide bonds. The lowest BCUT2D eigenvalue weighted by molar-refractivity contribution is -0.135. The first kappa shape index (κ1) is 7.88. The van der Waals surface area contributed by atoms with Crippen LogP contribution in [0, 0.1) is 0 Å². The molecule has 0 bridgehead atoms. The smallest absolute Gasteiger partial charge is 0.330 e. The Morgan fingerprint density at radius 2 is 2.11 bits per heavy atom. The molecule has 0 saturated heterocycles. The summed E-state index contributed by atoms with van der Waals surface area (Å²) in [6.07, 6.45) is 1.73. The van der Waals surface area contributed by atoms with Crippen LogP contribution in [0.4, 0.5) is 0 Å². The molecule has 0 saturated carbocycles. The van der Waals surface area contributed by atoms with E-state index >= 15 is 0 Å². The summed E-state index contributed by atoms with van der Waals surface area (Å²) < 4.78 is 4.25. The number of ether oxygens (including phenoxy) is 1. The summed E-state index contributed by atoms with van der Waals surface area (Å²) in [5, 5.41) is 0. The lowest BCUT2D eigenvalue weighted by Gasteiger charge is -1.88. The molecule has 9 heavy (non-hydrogen) atoms. The Balaban J connectivity index is 3.94. The zero-order valence-electron chi connectivity index (χ0n) is 5.38. The van der Waals surface area contributed by atoms with E-state index < -0.39 is 5.97 Å². The van der Waals surface area contributed by atoms with Crippen LogP contribution in [0.25, 0.3) is 0 Å². The maximum Gasteiger partial charge on any atom is 0.330 e. The van der Waals surface area contributed by atoms with Crippen molar-refractivity contribution in [3.05, 3.63) is 11.6 Å². The maximum absolute atomic E-state index is 10.3. The van der Waals surface area contributed by atoms with Gasteiger partial charge in [-0.2, -0.15) is 0 Å². The predicted molar refractivity (Wildman–Crippen MR) is 31.8 cm³/mol. The number of allylic oxidation sites excluding steroid dienone is 1. The van der Waals surface area contributed by atoms with Crippen molar-refractivity contribution in [1.29, 1.82) is 0 Å². The molecule has 0 aliphatic rings. The van der Waals surface area contributed by atoms with Crippen LogP contribution in [-0.2, 0) is 14.3 Å². The number of esters is 1. The average Bonchev–Trinajstić information content (AvgIpc) is 1.87. The highest BCUT2D eigenvalue weighted by atomic mass is 16.5. The first-order valence-corrected chi connectivity index (χ1v) is 2.42. The van der Waals surface area contributed by atoms with Gasteiger partial charge >= 0.3 is 5.97 Å². The predicted octanol–water partition coefficient (Wildman–Crippen LogP) is 0.305. The van der Waals surface area contributed by atoms with Crippen LogP contribution in [0.3, 0.4) is 0 Å². The van der Waals surface area contributed by atoms with Gasteiger partial charge in [0, 0.05) is 6.08 Å². The Morgan fingerprint density at radius 1 is 1.56 bits per heavy atom. The third-order valence-corrected chi connectivity index (χ3v) is 0.733. The van der Waals surface area contributed by atoms with Crippen molar-refractivity contribution in [3.8, 4) is 0 Å². The van der Waals surface area contributed by atoms with Gasteiger partial charge in [0.1, 0.15) is 6.29 Å². The Bertz CT molecular complexity index is 146. The Hall–Kier alpha value is -1.12. The van der Waals surface area contributed by atoms with Crippen LogP contribution in [-0.4, -0.2) is 19.4 Å². The number of carbonyl (C=O) groups is 2. The third-order valence-electron chi connectivity index (χ3n) is 0.733. The van der Waals surface area contributed by atoms with E-state index in [-0.39, 0.29) is 0 Å². The monoisotopic (exact) mass is 128 g/mol. The lowest BCUT2D eigenvalue weighted by Crippen LogP contribution is -1.95. The van der Waals surface area contributed by atoms with Crippen LogP contribution in [0.2, 0.25) is 0 Å². The van der Waals surface area contributed by atoms with Gasteiger partial charge in [0.2, 0.25) is 0 Å². The molecular weight excluding hydrogens is 120 g/mol. The molecule has 0 rings (SSSR count). The maximum atomic E-state index is 10.3. The summed E-state index contributed by atoms with van der Waals surface area (Å²) in [5.74, 6) is -0.500. The minimum absolute atomic E-state index is 0.363. The van der Waals surface area contributed by atoms with E-state index in [9.17, 15) is 9.59 Å². The molecule has 0 heterocycles. The molecule has 3 nitrogen and oxygen atoms in total. The van der Waals surface area contributed by atoms with Crippen molar-refractivity contribution in [3.63, 3.8) is 0 Å². The van der Waals surface area contributed by atoms with Gasteiger partial charge in [-0.25, -0.2) is 4.79 Å². The molecule has 0 N–H and O–H groups in total. The molecule has 0 atom stereocenters. The van der Waals surface area contributed by atoms with Crippen LogP contribution < -0.4 is 0 Å². The molecule has 0 aliphatic carbocycles. The van der Waals surface area contributed by atoms with E-state index in [1.54, 1.807) is 0 Å². The van der Waals surface area contributed by atoms with Crippen LogP contribution in [0.15, 0.2) is 11.6 Å². The highest BCUT2D eigenvalue weighted by molar-refractivity contribution is 5.89. The molecule has 0 unspecified atom stereocenters. The van der Waals surface area contributed by atoms with Crippen molar-refractivity contribution < 1.29 is 14.3 Å². The molecule has 0 fully saturated rings. The van der Waals surface area contributed by atoms with Gasteiger partial charge in [-0.05, 0) is 12.5 Å². The molecule has 0 aromatic carbocycles. The fourth-order valence-corrected chi connectivity index (χ4v) is 0.279. The zero-order valence-corrected chi connectivity index (χ0v) is 5.38. The summed E-state index contributed by atoms with van der Waals surface area (Å²) in [7, 11) is 1.26. The Morgan fingerprint density at radius 3 is 2.44 bits per heavy atom. The van der Waals surface area contributed by atoms with Gasteiger partial charge in [-0.1, -0.05) is 0 Å². The van der Waals surface area contributed by atoms with Crippen molar-refractivity contribution >= 4 is 12.3 Å². The van der Waals surface area contributed by atoms with Crippen LogP contribution in [0.5, 0.6) is 0 Å². The second-order valence-electron chi connectivity index (χ2n) is 1.53. The molecule has 0 aromatic rings. The van der Waals surface area contributed by atoms with Crippen molar-refractivity contribution in [1.82, 2.24) is 0 Å². The van der Waals surface area contributed by atoms with Crippen molar-refractivity contribution in [2.45, 2.75) is 6.92 Å².